The smallest absolute Gasteiger partial charge is 0.227 e. The molecule has 1 aliphatic rings. The highest BCUT2D eigenvalue weighted by molar-refractivity contribution is 5.97. The summed E-state index contributed by atoms with van der Waals surface area (Å²) in [6, 6.07) is 4.84. The number of carbonyl (C=O) groups excluding carboxylic acids is 1. The van der Waals surface area contributed by atoms with Crippen molar-refractivity contribution in [2.24, 2.45) is 11.7 Å². The second-order valence-electron chi connectivity index (χ2n) is 4.16. The lowest BCUT2D eigenvalue weighted by Crippen LogP contribution is -2.25. The fourth-order valence-corrected chi connectivity index (χ4v) is 2.02. The van der Waals surface area contributed by atoms with Crippen LogP contribution in [0.3, 0.4) is 0 Å². The van der Waals surface area contributed by atoms with Gasteiger partial charge in [-0.05, 0) is 24.6 Å². The first kappa shape index (κ1) is 11.7. The third kappa shape index (κ3) is 2.19. The molecule has 2 rings (SSSR count). The molecule has 1 aliphatic heterocycles. The molecule has 1 amide bonds. The molecule has 0 saturated carbocycles. The van der Waals surface area contributed by atoms with Gasteiger partial charge in [0, 0.05) is 19.0 Å². The van der Waals surface area contributed by atoms with Crippen molar-refractivity contribution in [3.63, 3.8) is 0 Å². The van der Waals surface area contributed by atoms with Crippen LogP contribution in [0.25, 0.3) is 0 Å². The number of methoxy groups -OCH3 is 1. The number of anilines is 1. The summed E-state index contributed by atoms with van der Waals surface area (Å²) >= 11 is 0. The number of carbonyl (C=O) groups is 1. The van der Waals surface area contributed by atoms with Gasteiger partial charge in [-0.3, -0.25) is 4.79 Å². The molecule has 1 fully saturated rings. The van der Waals surface area contributed by atoms with Gasteiger partial charge in [0.2, 0.25) is 5.91 Å². The number of phenolic OH excluding ortho intramolecular Hbond substituents is 1. The Hall–Kier alpha value is -1.75. The van der Waals surface area contributed by atoms with Crippen molar-refractivity contribution in [3.05, 3.63) is 18.2 Å². The molecule has 0 aliphatic carbocycles. The number of nitrogens with two attached hydrogens (primary N) is 1. The lowest BCUT2D eigenvalue weighted by atomic mass is 10.1. The molecule has 1 unspecified atom stereocenters. The van der Waals surface area contributed by atoms with Gasteiger partial charge in [0.15, 0.2) is 0 Å². The van der Waals surface area contributed by atoms with Crippen LogP contribution < -0.4 is 15.4 Å². The van der Waals surface area contributed by atoms with Gasteiger partial charge in [-0.1, -0.05) is 0 Å². The van der Waals surface area contributed by atoms with E-state index in [0.717, 1.165) is 0 Å². The van der Waals surface area contributed by atoms with Gasteiger partial charge in [0.25, 0.3) is 0 Å². The van der Waals surface area contributed by atoms with Gasteiger partial charge < -0.3 is 20.5 Å². The van der Waals surface area contributed by atoms with E-state index in [2.05, 4.69) is 0 Å². The number of ether oxygens (including phenoxy) is 1. The zero-order chi connectivity index (χ0) is 12.4. The molecular formula is C12H16N2O3. The fourth-order valence-electron chi connectivity index (χ4n) is 2.02. The number of amides is 1. The average Bonchev–Trinajstić information content (AvgIpc) is 2.71. The van der Waals surface area contributed by atoms with Crippen LogP contribution in [0.15, 0.2) is 18.2 Å². The SMILES string of the molecule is COc1ccc(O)c(N2CC(CN)CC2=O)c1. The van der Waals surface area contributed by atoms with Gasteiger partial charge in [-0.15, -0.1) is 0 Å². The Balaban J connectivity index is 2.30. The van der Waals surface area contributed by atoms with Crippen LogP contribution in [0.5, 0.6) is 11.5 Å². The third-order valence-electron chi connectivity index (χ3n) is 3.01. The summed E-state index contributed by atoms with van der Waals surface area (Å²) in [4.78, 5) is 13.4. The summed E-state index contributed by atoms with van der Waals surface area (Å²) in [7, 11) is 1.55. The molecule has 92 valence electrons. The highest BCUT2D eigenvalue weighted by Gasteiger charge is 2.31. The van der Waals surface area contributed by atoms with Crippen molar-refractivity contribution in [3.8, 4) is 11.5 Å². The van der Waals surface area contributed by atoms with E-state index in [0.29, 0.717) is 30.9 Å². The second-order valence-corrected chi connectivity index (χ2v) is 4.16. The lowest BCUT2D eigenvalue weighted by Gasteiger charge is -2.18. The summed E-state index contributed by atoms with van der Waals surface area (Å²) in [6.45, 7) is 1.03. The molecule has 0 bridgehead atoms. The number of rotatable bonds is 3. The van der Waals surface area contributed by atoms with Crippen LogP contribution in [0, 0.1) is 5.92 Å². The number of nitrogens with zero attached hydrogens (tertiary/aromatic N) is 1. The summed E-state index contributed by atoms with van der Waals surface area (Å²) in [5.74, 6) is 0.843. The summed E-state index contributed by atoms with van der Waals surface area (Å²) in [5.41, 5.74) is 6.06. The van der Waals surface area contributed by atoms with Crippen LogP contribution >= 0.6 is 0 Å². The normalized spacial score (nSPS) is 19.8. The van der Waals surface area contributed by atoms with Crippen LogP contribution in [-0.4, -0.2) is 31.2 Å². The highest BCUT2D eigenvalue weighted by atomic mass is 16.5. The average molecular weight is 236 g/mol. The number of phenols is 1. The van der Waals surface area contributed by atoms with Gasteiger partial charge >= 0.3 is 0 Å². The van der Waals surface area contributed by atoms with Crippen molar-refractivity contribution < 1.29 is 14.6 Å². The second kappa shape index (κ2) is 4.63. The van der Waals surface area contributed by atoms with Crippen LogP contribution in [0.1, 0.15) is 6.42 Å². The number of hydrogen-bond donors (Lipinski definition) is 2. The molecule has 5 heteroatoms. The van der Waals surface area contributed by atoms with Gasteiger partial charge in [-0.2, -0.15) is 0 Å². The molecule has 1 saturated heterocycles. The van der Waals surface area contributed by atoms with Gasteiger partial charge in [-0.25, -0.2) is 0 Å². The summed E-state index contributed by atoms with van der Waals surface area (Å²) < 4.78 is 5.08. The maximum atomic E-state index is 11.8. The minimum atomic E-state index is -0.0102. The Bertz CT molecular complexity index is 434. The van der Waals surface area contributed by atoms with E-state index in [1.807, 2.05) is 0 Å². The van der Waals surface area contributed by atoms with E-state index < -0.39 is 0 Å². The predicted octanol–water partition coefficient (Wildman–Crippen LogP) is 0.712. The first-order valence-corrected chi connectivity index (χ1v) is 5.53. The molecule has 1 aromatic rings. The van der Waals surface area contributed by atoms with Crippen molar-refractivity contribution in [1.29, 1.82) is 0 Å². The minimum absolute atomic E-state index is 0.0102. The Morgan fingerprint density at radius 2 is 2.35 bits per heavy atom. The Labute approximate surface area is 99.8 Å². The maximum Gasteiger partial charge on any atom is 0.227 e. The minimum Gasteiger partial charge on any atom is -0.506 e. The van der Waals surface area contributed by atoms with E-state index in [1.165, 1.54) is 6.07 Å². The molecular weight excluding hydrogens is 220 g/mol. The van der Waals surface area contributed by atoms with Crippen LogP contribution in [0.4, 0.5) is 5.69 Å². The number of benzene rings is 1. The van der Waals surface area contributed by atoms with Gasteiger partial charge in [0.05, 0.1) is 12.8 Å². The van der Waals surface area contributed by atoms with E-state index in [-0.39, 0.29) is 17.6 Å². The number of aromatic hydroxyl groups is 1. The largest absolute Gasteiger partial charge is 0.506 e. The summed E-state index contributed by atoms with van der Waals surface area (Å²) in [6.07, 6.45) is 0.438. The summed E-state index contributed by atoms with van der Waals surface area (Å²) in [5, 5.41) is 9.79. The lowest BCUT2D eigenvalue weighted by molar-refractivity contribution is -0.117. The Morgan fingerprint density at radius 3 is 2.94 bits per heavy atom. The molecule has 0 spiro atoms. The van der Waals surface area contributed by atoms with E-state index in [9.17, 15) is 9.90 Å². The van der Waals surface area contributed by atoms with E-state index in [4.69, 9.17) is 10.5 Å². The third-order valence-corrected chi connectivity index (χ3v) is 3.01. The molecule has 0 radical (unpaired) electrons. The number of hydrogen-bond acceptors (Lipinski definition) is 4. The Kier molecular flexibility index (Phi) is 3.19. The first-order valence-electron chi connectivity index (χ1n) is 5.53. The fraction of sp³-hybridized carbons (Fsp3) is 0.417. The van der Waals surface area contributed by atoms with Crippen LogP contribution in [0.2, 0.25) is 0 Å². The molecule has 17 heavy (non-hydrogen) atoms. The van der Waals surface area contributed by atoms with Crippen molar-refractivity contribution >= 4 is 11.6 Å². The van der Waals surface area contributed by atoms with E-state index in [1.54, 1.807) is 24.1 Å². The molecule has 5 nitrogen and oxygen atoms in total. The van der Waals surface area contributed by atoms with Gasteiger partial charge in [0.1, 0.15) is 11.5 Å². The van der Waals surface area contributed by atoms with E-state index >= 15 is 0 Å². The molecule has 1 atom stereocenters. The highest BCUT2D eigenvalue weighted by Crippen LogP contribution is 2.34. The quantitative estimate of drug-likeness (QED) is 0.810. The van der Waals surface area contributed by atoms with Crippen molar-refractivity contribution in [1.82, 2.24) is 0 Å². The zero-order valence-corrected chi connectivity index (χ0v) is 9.72. The monoisotopic (exact) mass is 236 g/mol. The topological polar surface area (TPSA) is 75.8 Å². The van der Waals surface area contributed by atoms with Crippen molar-refractivity contribution in [2.75, 3.05) is 25.1 Å². The molecule has 1 aromatic carbocycles. The van der Waals surface area contributed by atoms with Crippen LogP contribution in [-0.2, 0) is 4.79 Å². The maximum absolute atomic E-state index is 11.8. The Morgan fingerprint density at radius 1 is 1.59 bits per heavy atom. The predicted molar refractivity (Wildman–Crippen MR) is 64.2 cm³/mol. The standard InChI is InChI=1S/C12H16N2O3/c1-17-9-2-3-11(15)10(5-9)14-7-8(6-13)4-12(14)16/h2-3,5,8,15H,4,6-7,13H2,1H3. The van der Waals surface area contributed by atoms with Crippen molar-refractivity contribution in [2.45, 2.75) is 6.42 Å². The molecule has 3 N–H and O–H groups in total. The molecule has 0 aromatic heterocycles. The first-order chi connectivity index (χ1) is 8.15. The molecule has 1 heterocycles. The zero-order valence-electron chi connectivity index (χ0n) is 9.72.